The predicted octanol–water partition coefficient (Wildman–Crippen LogP) is 4.04. The number of nitrogens with two attached hydrogens (primary N) is 1. The minimum Gasteiger partial charge on any atom is -0.489 e. The van der Waals surface area contributed by atoms with Gasteiger partial charge in [0.1, 0.15) is 12.4 Å². The van der Waals surface area contributed by atoms with Crippen LogP contribution in [0.25, 0.3) is 0 Å². The lowest BCUT2D eigenvalue weighted by Gasteiger charge is -2.17. The highest BCUT2D eigenvalue weighted by atomic mass is 16.5. The van der Waals surface area contributed by atoms with E-state index in [0.717, 1.165) is 22.6 Å². The third-order valence-electron chi connectivity index (χ3n) is 4.20. The van der Waals surface area contributed by atoms with Crippen molar-refractivity contribution >= 4 is 5.69 Å². The van der Waals surface area contributed by atoms with Gasteiger partial charge in [-0.05, 0) is 73.1 Å². The fourth-order valence-corrected chi connectivity index (χ4v) is 2.82. The lowest BCUT2D eigenvalue weighted by atomic mass is 9.92. The molecule has 0 saturated heterocycles. The minimum atomic E-state index is 0.579. The van der Waals surface area contributed by atoms with Crippen molar-refractivity contribution in [3.63, 3.8) is 0 Å². The first kappa shape index (κ1) is 13.0. The predicted molar refractivity (Wildman–Crippen MR) is 83.0 cm³/mol. The van der Waals surface area contributed by atoms with Gasteiger partial charge in [-0.2, -0.15) is 0 Å². The molecule has 0 unspecified atom stereocenters. The van der Waals surface area contributed by atoms with E-state index in [-0.39, 0.29) is 0 Å². The van der Waals surface area contributed by atoms with Crippen molar-refractivity contribution in [1.82, 2.24) is 0 Å². The van der Waals surface area contributed by atoms with Crippen molar-refractivity contribution in [2.45, 2.75) is 39.2 Å². The van der Waals surface area contributed by atoms with E-state index in [9.17, 15) is 0 Å². The van der Waals surface area contributed by atoms with Crippen LogP contribution in [0.4, 0.5) is 5.69 Å². The first-order valence-corrected chi connectivity index (χ1v) is 7.32. The van der Waals surface area contributed by atoms with E-state index >= 15 is 0 Å². The van der Waals surface area contributed by atoms with Crippen LogP contribution in [0.1, 0.15) is 35.1 Å². The van der Waals surface area contributed by atoms with Gasteiger partial charge in [0.2, 0.25) is 0 Å². The third kappa shape index (κ3) is 2.64. The average Bonchev–Trinajstić information content (AvgIpc) is 2.48. The van der Waals surface area contributed by atoms with Crippen molar-refractivity contribution in [2.24, 2.45) is 0 Å². The first-order valence-electron chi connectivity index (χ1n) is 7.32. The van der Waals surface area contributed by atoms with E-state index in [0.29, 0.717) is 6.61 Å². The zero-order valence-corrected chi connectivity index (χ0v) is 12.0. The second-order valence-electron chi connectivity index (χ2n) is 5.56. The van der Waals surface area contributed by atoms with Gasteiger partial charge in [-0.3, -0.25) is 0 Å². The van der Waals surface area contributed by atoms with Crippen molar-refractivity contribution in [3.8, 4) is 5.75 Å². The summed E-state index contributed by atoms with van der Waals surface area (Å²) in [4.78, 5) is 0. The van der Waals surface area contributed by atoms with Crippen LogP contribution in [0.3, 0.4) is 0 Å². The number of anilines is 1. The summed E-state index contributed by atoms with van der Waals surface area (Å²) in [7, 11) is 0. The normalized spacial score (nSPS) is 13.8. The summed E-state index contributed by atoms with van der Waals surface area (Å²) in [6.45, 7) is 2.62. The van der Waals surface area contributed by atoms with E-state index in [2.05, 4.69) is 24.3 Å². The second-order valence-corrected chi connectivity index (χ2v) is 5.56. The number of benzene rings is 2. The SMILES string of the molecule is Cc1c(N)cccc1COc1ccc2c(c1)CCCC2. The molecule has 2 aromatic rings. The molecule has 104 valence electrons. The van der Waals surface area contributed by atoms with E-state index in [1.54, 1.807) is 0 Å². The molecule has 0 bridgehead atoms. The summed E-state index contributed by atoms with van der Waals surface area (Å²) >= 11 is 0. The largest absolute Gasteiger partial charge is 0.489 e. The molecular weight excluding hydrogens is 246 g/mol. The molecule has 0 fully saturated rings. The molecule has 0 aromatic heterocycles. The van der Waals surface area contributed by atoms with Gasteiger partial charge in [0.15, 0.2) is 0 Å². The molecule has 2 aromatic carbocycles. The highest BCUT2D eigenvalue weighted by molar-refractivity contribution is 5.50. The number of nitrogen functional groups attached to an aromatic ring is 1. The number of fused-ring (bicyclic) bond motifs is 1. The molecule has 2 heteroatoms. The molecule has 20 heavy (non-hydrogen) atoms. The maximum absolute atomic E-state index is 5.94. The maximum Gasteiger partial charge on any atom is 0.120 e. The van der Waals surface area contributed by atoms with E-state index in [4.69, 9.17) is 10.5 Å². The Labute approximate surface area is 120 Å². The van der Waals surface area contributed by atoms with Gasteiger partial charge in [-0.1, -0.05) is 18.2 Å². The van der Waals surface area contributed by atoms with Gasteiger partial charge in [-0.25, -0.2) is 0 Å². The fourth-order valence-electron chi connectivity index (χ4n) is 2.82. The minimum absolute atomic E-state index is 0.579. The lowest BCUT2D eigenvalue weighted by molar-refractivity contribution is 0.305. The molecule has 2 nitrogen and oxygen atoms in total. The summed E-state index contributed by atoms with van der Waals surface area (Å²) in [6.07, 6.45) is 5.01. The Morgan fingerprint density at radius 3 is 2.70 bits per heavy atom. The number of hydrogen-bond acceptors (Lipinski definition) is 2. The molecule has 0 heterocycles. The second kappa shape index (κ2) is 5.58. The molecule has 0 radical (unpaired) electrons. The van der Waals surface area contributed by atoms with Gasteiger partial charge < -0.3 is 10.5 Å². The Balaban J connectivity index is 1.73. The zero-order chi connectivity index (χ0) is 13.9. The molecule has 0 saturated carbocycles. The average molecular weight is 267 g/mol. The van der Waals surface area contributed by atoms with Crippen molar-refractivity contribution < 1.29 is 4.74 Å². The third-order valence-corrected chi connectivity index (χ3v) is 4.20. The van der Waals surface area contributed by atoms with Gasteiger partial charge in [-0.15, -0.1) is 0 Å². The van der Waals surface area contributed by atoms with Gasteiger partial charge in [0.05, 0.1) is 0 Å². The maximum atomic E-state index is 5.94. The Kier molecular flexibility index (Phi) is 3.64. The Hall–Kier alpha value is -1.96. The quantitative estimate of drug-likeness (QED) is 0.852. The molecule has 3 rings (SSSR count). The molecule has 0 amide bonds. The Morgan fingerprint density at radius 2 is 1.85 bits per heavy atom. The van der Waals surface area contributed by atoms with Gasteiger partial charge in [0, 0.05) is 5.69 Å². The van der Waals surface area contributed by atoms with Crippen LogP contribution in [0.2, 0.25) is 0 Å². The Bertz CT molecular complexity index is 619. The van der Waals surface area contributed by atoms with Gasteiger partial charge in [0.25, 0.3) is 0 Å². The number of rotatable bonds is 3. The molecule has 1 aliphatic rings. The Morgan fingerprint density at radius 1 is 1.05 bits per heavy atom. The summed E-state index contributed by atoms with van der Waals surface area (Å²) in [5.74, 6) is 0.965. The van der Waals surface area contributed by atoms with E-state index in [1.807, 2.05) is 19.1 Å². The van der Waals surface area contributed by atoms with Crippen LogP contribution in [0.15, 0.2) is 36.4 Å². The summed E-state index contributed by atoms with van der Waals surface area (Å²) in [5.41, 5.74) is 12.0. The number of hydrogen-bond donors (Lipinski definition) is 1. The van der Waals surface area contributed by atoms with E-state index in [1.165, 1.54) is 36.8 Å². The number of ether oxygens (including phenoxy) is 1. The standard InChI is InChI=1S/C18H21NO/c1-13-16(7-4-8-18(13)19)12-20-17-10-9-14-5-2-3-6-15(14)11-17/h4,7-11H,2-3,5-6,12,19H2,1H3. The fraction of sp³-hybridized carbons (Fsp3) is 0.333. The van der Waals surface area contributed by atoms with Crippen LogP contribution < -0.4 is 10.5 Å². The van der Waals surface area contributed by atoms with Crippen LogP contribution in [0.5, 0.6) is 5.75 Å². The van der Waals surface area contributed by atoms with Crippen LogP contribution in [-0.2, 0) is 19.4 Å². The topological polar surface area (TPSA) is 35.2 Å². The summed E-state index contributed by atoms with van der Waals surface area (Å²) in [5, 5.41) is 0. The van der Waals surface area contributed by atoms with Crippen LogP contribution >= 0.6 is 0 Å². The molecule has 0 aliphatic heterocycles. The van der Waals surface area contributed by atoms with Gasteiger partial charge >= 0.3 is 0 Å². The summed E-state index contributed by atoms with van der Waals surface area (Å²) in [6, 6.07) is 12.5. The highest BCUT2D eigenvalue weighted by Gasteiger charge is 2.10. The van der Waals surface area contributed by atoms with Crippen LogP contribution in [0, 0.1) is 6.92 Å². The van der Waals surface area contributed by atoms with Crippen molar-refractivity contribution in [2.75, 3.05) is 5.73 Å². The smallest absolute Gasteiger partial charge is 0.120 e. The molecule has 0 atom stereocenters. The van der Waals surface area contributed by atoms with Crippen molar-refractivity contribution in [1.29, 1.82) is 0 Å². The van der Waals surface area contributed by atoms with Crippen LogP contribution in [-0.4, -0.2) is 0 Å². The zero-order valence-electron chi connectivity index (χ0n) is 12.0. The molecular formula is C18H21NO. The van der Waals surface area contributed by atoms with E-state index < -0.39 is 0 Å². The molecule has 2 N–H and O–H groups in total. The highest BCUT2D eigenvalue weighted by Crippen LogP contribution is 2.26. The number of aryl methyl sites for hydroxylation is 2. The monoisotopic (exact) mass is 267 g/mol. The lowest BCUT2D eigenvalue weighted by Crippen LogP contribution is -2.04. The molecule has 0 spiro atoms. The molecule has 1 aliphatic carbocycles. The van der Waals surface area contributed by atoms with Crippen molar-refractivity contribution in [3.05, 3.63) is 58.7 Å². The summed E-state index contributed by atoms with van der Waals surface area (Å²) < 4.78 is 5.94. The first-order chi connectivity index (χ1) is 9.74.